The number of carbonyl (C=O) groups is 2. The number of nitrogens with one attached hydrogen (secondary N) is 2. The summed E-state index contributed by atoms with van der Waals surface area (Å²) in [5.74, 6) is 0.902. The fourth-order valence-corrected chi connectivity index (χ4v) is 2.85. The first-order valence-corrected chi connectivity index (χ1v) is 9.67. The molecule has 7 heteroatoms. The molecule has 0 bridgehead atoms. The fourth-order valence-electron chi connectivity index (χ4n) is 1.96. The highest BCUT2D eigenvalue weighted by Crippen LogP contribution is 2.16. The van der Waals surface area contributed by atoms with Gasteiger partial charge in [0.2, 0.25) is 11.8 Å². The molecule has 2 amide bonds. The van der Waals surface area contributed by atoms with E-state index in [9.17, 15) is 9.59 Å². The topological polar surface area (TPSA) is 67.4 Å². The zero-order valence-corrected chi connectivity index (χ0v) is 16.2. The molecule has 0 fully saturated rings. The number of thioether (sulfide) groups is 1. The molecule has 5 nitrogen and oxygen atoms in total. The Morgan fingerprint density at radius 3 is 1.88 bits per heavy atom. The predicted octanol–water partition coefficient (Wildman–Crippen LogP) is 4.16. The molecule has 2 aromatic rings. The molecule has 0 aliphatic carbocycles. The van der Waals surface area contributed by atoms with Crippen LogP contribution in [0.3, 0.4) is 0 Å². The van der Waals surface area contributed by atoms with Crippen molar-refractivity contribution in [3.63, 3.8) is 0 Å². The van der Waals surface area contributed by atoms with Crippen molar-refractivity contribution in [2.24, 2.45) is 0 Å². The molecule has 0 saturated heterocycles. The van der Waals surface area contributed by atoms with Crippen LogP contribution in [0.2, 0.25) is 0 Å². The van der Waals surface area contributed by atoms with E-state index in [2.05, 4.69) is 26.6 Å². The number of benzene rings is 2. The highest BCUT2D eigenvalue weighted by molar-refractivity contribution is 9.10. The minimum absolute atomic E-state index is 0.138. The van der Waals surface area contributed by atoms with Crippen LogP contribution in [-0.2, 0) is 9.59 Å². The zero-order valence-electron chi connectivity index (χ0n) is 13.8. The van der Waals surface area contributed by atoms with E-state index in [1.165, 1.54) is 11.8 Å². The van der Waals surface area contributed by atoms with Gasteiger partial charge in [-0.2, -0.15) is 0 Å². The summed E-state index contributed by atoms with van der Waals surface area (Å²) in [4.78, 5) is 23.7. The summed E-state index contributed by atoms with van der Waals surface area (Å²) >= 11 is 4.60. The van der Waals surface area contributed by atoms with Gasteiger partial charge < -0.3 is 15.4 Å². The van der Waals surface area contributed by atoms with Crippen LogP contribution in [0, 0.1) is 0 Å². The summed E-state index contributed by atoms with van der Waals surface area (Å²) in [6.45, 7) is 2.52. The monoisotopic (exact) mass is 422 g/mol. The van der Waals surface area contributed by atoms with Crippen molar-refractivity contribution in [3.05, 3.63) is 53.0 Å². The lowest BCUT2D eigenvalue weighted by molar-refractivity contribution is -0.114. The summed E-state index contributed by atoms with van der Waals surface area (Å²) in [6.07, 6.45) is 0. The number of halogens is 1. The maximum atomic E-state index is 11.9. The van der Waals surface area contributed by atoms with Gasteiger partial charge in [0.25, 0.3) is 0 Å². The van der Waals surface area contributed by atoms with Gasteiger partial charge in [0.1, 0.15) is 5.75 Å². The molecule has 0 aromatic heterocycles. The van der Waals surface area contributed by atoms with Crippen LogP contribution < -0.4 is 15.4 Å². The lowest BCUT2D eigenvalue weighted by atomic mass is 10.3. The lowest BCUT2D eigenvalue weighted by Gasteiger charge is -2.07. The summed E-state index contributed by atoms with van der Waals surface area (Å²) in [5.41, 5.74) is 1.43. The molecule has 0 aliphatic rings. The molecule has 132 valence electrons. The predicted molar refractivity (Wildman–Crippen MR) is 106 cm³/mol. The Morgan fingerprint density at radius 1 is 0.920 bits per heavy atom. The van der Waals surface area contributed by atoms with E-state index in [1.807, 2.05) is 31.2 Å². The molecule has 0 spiro atoms. The highest BCUT2D eigenvalue weighted by Gasteiger charge is 2.07. The van der Waals surface area contributed by atoms with Crippen molar-refractivity contribution < 1.29 is 14.3 Å². The molecular weight excluding hydrogens is 404 g/mol. The Kier molecular flexibility index (Phi) is 7.81. The molecule has 0 unspecified atom stereocenters. The summed E-state index contributed by atoms with van der Waals surface area (Å²) < 4.78 is 6.30. The maximum Gasteiger partial charge on any atom is 0.234 e. The van der Waals surface area contributed by atoms with Gasteiger partial charge in [-0.3, -0.25) is 9.59 Å². The van der Waals surface area contributed by atoms with Crippen molar-refractivity contribution in [1.82, 2.24) is 0 Å². The van der Waals surface area contributed by atoms with E-state index < -0.39 is 0 Å². The van der Waals surface area contributed by atoms with Crippen LogP contribution in [0.5, 0.6) is 5.75 Å². The number of hydrogen-bond donors (Lipinski definition) is 2. The van der Waals surface area contributed by atoms with Crippen LogP contribution in [0.4, 0.5) is 11.4 Å². The molecular formula is C18H19BrN2O3S. The Hall–Kier alpha value is -1.99. The largest absolute Gasteiger partial charge is 0.494 e. The smallest absolute Gasteiger partial charge is 0.234 e. The van der Waals surface area contributed by atoms with E-state index in [0.29, 0.717) is 12.3 Å². The number of anilines is 2. The van der Waals surface area contributed by atoms with Gasteiger partial charge in [-0.15, -0.1) is 11.8 Å². The maximum absolute atomic E-state index is 11.9. The van der Waals surface area contributed by atoms with Gasteiger partial charge in [0.15, 0.2) is 0 Å². The normalized spacial score (nSPS) is 10.2. The molecule has 0 atom stereocenters. The minimum atomic E-state index is -0.148. The van der Waals surface area contributed by atoms with Crippen molar-refractivity contribution in [2.45, 2.75) is 6.92 Å². The van der Waals surface area contributed by atoms with Gasteiger partial charge in [-0.1, -0.05) is 15.9 Å². The second kappa shape index (κ2) is 10.1. The van der Waals surface area contributed by atoms with Crippen LogP contribution in [-0.4, -0.2) is 29.9 Å². The second-order valence-electron chi connectivity index (χ2n) is 5.05. The number of carbonyl (C=O) groups excluding carboxylic acids is 2. The Balaban J connectivity index is 1.69. The number of amides is 2. The van der Waals surface area contributed by atoms with Gasteiger partial charge in [0, 0.05) is 15.8 Å². The van der Waals surface area contributed by atoms with Crippen molar-refractivity contribution in [3.8, 4) is 5.75 Å². The summed E-state index contributed by atoms with van der Waals surface area (Å²) in [5, 5.41) is 5.57. The summed E-state index contributed by atoms with van der Waals surface area (Å²) in [6, 6.07) is 14.5. The lowest BCUT2D eigenvalue weighted by Crippen LogP contribution is -2.18. The molecule has 0 saturated carbocycles. The molecule has 2 N–H and O–H groups in total. The average molecular weight is 423 g/mol. The Bertz CT molecular complexity index is 705. The van der Waals surface area contributed by atoms with E-state index in [4.69, 9.17) is 4.74 Å². The third-order valence-electron chi connectivity index (χ3n) is 3.04. The van der Waals surface area contributed by atoms with Gasteiger partial charge in [0.05, 0.1) is 18.1 Å². The fraction of sp³-hybridized carbons (Fsp3) is 0.222. The van der Waals surface area contributed by atoms with Crippen LogP contribution in [0.25, 0.3) is 0 Å². The molecule has 2 aromatic carbocycles. The third kappa shape index (κ3) is 7.19. The van der Waals surface area contributed by atoms with Crippen LogP contribution in [0.1, 0.15) is 6.92 Å². The van der Waals surface area contributed by atoms with Crippen LogP contribution in [0.15, 0.2) is 53.0 Å². The first-order valence-electron chi connectivity index (χ1n) is 7.72. The highest BCUT2D eigenvalue weighted by atomic mass is 79.9. The van der Waals surface area contributed by atoms with Crippen molar-refractivity contribution in [1.29, 1.82) is 0 Å². The minimum Gasteiger partial charge on any atom is -0.494 e. The quantitative estimate of drug-likeness (QED) is 0.669. The van der Waals surface area contributed by atoms with E-state index in [0.717, 1.165) is 15.9 Å². The van der Waals surface area contributed by atoms with Crippen molar-refractivity contribution in [2.75, 3.05) is 28.7 Å². The number of ether oxygens (including phenoxy) is 1. The van der Waals surface area contributed by atoms with E-state index in [-0.39, 0.29) is 23.3 Å². The zero-order chi connectivity index (χ0) is 18.1. The molecule has 0 heterocycles. The van der Waals surface area contributed by atoms with E-state index in [1.54, 1.807) is 24.3 Å². The van der Waals surface area contributed by atoms with Crippen LogP contribution >= 0.6 is 27.7 Å². The third-order valence-corrected chi connectivity index (χ3v) is 4.50. The molecule has 0 aliphatic heterocycles. The standard InChI is InChI=1S/C18H19BrN2O3S/c1-2-24-16-9-7-15(8-10-16)21-18(23)12-25-11-17(22)20-14-5-3-13(19)4-6-14/h3-10H,2,11-12H2,1H3,(H,20,22)(H,21,23). The first-order chi connectivity index (χ1) is 12.1. The van der Waals surface area contributed by atoms with Gasteiger partial charge in [-0.25, -0.2) is 0 Å². The molecule has 0 radical (unpaired) electrons. The van der Waals surface area contributed by atoms with Gasteiger partial charge >= 0.3 is 0 Å². The molecule has 25 heavy (non-hydrogen) atoms. The molecule has 2 rings (SSSR count). The van der Waals surface area contributed by atoms with Crippen molar-refractivity contribution >= 4 is 50.9 Å². The SMILES string of the molecule is CCOc1ccc(NC(=O)CSCC(=O)Nc2ccc(Br)cc2)cc1. The number of hydrogen-bond acceptors (Lipinski definition) is 4. The first kappa shape index (κ1) is 19.3. The Labute approximate surface area is 159 Å². The average Bonchev–Trinajstić information content (AvgIpc) is 2.59. The van der Waals surface area contributed by atoms with E-state index >= 15 is 0 Å². The Morgan fingerprint density at radius 2 is 1.40 bits per heavy atom. The van der Waals surface area contributed by atoms with Gasteiger partial charge in [-0.05, 0) is 55.5 Å². The summed E-state index contributed by atoms with van der Waals surface area (Å²) in [7, 11) is 0. The number of rotatable bonds is 8. The second-order valence-corrected chi connectivity index (χ2v) is 6.95.